The van der Waals surface area contributed by atoms with Crippen LogP contribution >= 0.6 is 0 Å². The van der Waals surface area contributed by atoms with Crippen molar-refractivity contribution in [2.75, 3.05) is 20.3 Å². The van der Waals surface area contributed by atoms with Crippen molar-refractivity contribution in [3.05, 3.63) is 24.2 Å². The molecule has 0 aliphatic carbocycles. The summed E-state index contributed by atoms with van der Waals surface area (Å²) < 4.78 is 16.6. The maximum absolute atomic E-state index is 12.4. The lowest BCUT2D eigenvalue weighted by Crippen LogP contribution is -2.40. The number of amides is 1. The smallest absolute Gasteiger partial charge is 0.410 e. The van der Waals surface area contributed by atoms with E-state index in [-0.39, 0.29) is 18.6 Å². The van der Waals surface area contributed by atoms with Crippen molar-refractivity contribution in [2.45, 2.75) is 58.8 Å². The quantitative estimate of drug-likeness (QED) is 0.820. The van der Waals surface area contributed by atoms with Gasteiger partial charge in [0.05, 0.1) is 31.1 Å². The molecule has 138 valence electrons. The van der Waals surface area contributed by atoms with E-state index in [1.165, 1.54) is 4.90 Å². The zero-order valence-corrected chi connectivity index (χ0v) is 15.8. The molecule has 0 saturated carbocycles. The minimum Gasteiger partial charge on any atom is -0.467 e. The number of hydrogen-bond donors (Lipinski definition) is 1. The number of furan rings is 1. The third kappa shape index (κ3) is 6.93. The number of carbonyl (C=O) groups excluding carboxylic acids is 1. The molecule has 0 aliphatic rings. The van der Waals surface area contributed by atoms with Gasteiger partial charge in [0.1, 0.15) is 11.4 Å². The monoisotopic (exact) mass is 341 g/mol. The molecule has 6 heteroatoms. The van der Waals surface area contributed by atoms with Crippen LogP contribution in [0.2, 0.25) is 0 Å². The first-order chi connectivity index (χ1) is 10.9. The van der Waals surface area contributed by atoms with Gasteiger partial charge >= 0.3 is 6.09 Å². The van der Waals surface area contributed by atoms with Gasteiger partial charge < -0.3 is 23.9 Å². The van der Waals surface area contributed by atoms with E-state index < -0.39 is 17.3 Å². The van der Waals surface area contributed by atoms with Crippen molar-refractivity contribution in [1.82, 2.24) is 4.90 Å². The van der Waals surface area contributed by atoms with Gasteiger partial charge in [-0.1, -0.05) is 6.92 Å². The molecule has 0 bridgehead atoms. The molecule has 24 heavy (non-hydrogen) atoms. The molecule has 1 rings (SSSR count). The highest BCUT2D eigenvalue weighted by Crippen LogP contribution is 2.30. The molecule has 1 aromatic heterocycles. The minimum atomic E-state index is -0.892. The fourth-order valence-electron chi connectivity index (χ4n) is 2.35. The fourth-order valence-corrected chi connectivity index (χ4v) is 2.35. The predicted molar refractivity (Wildman–Crippen MR) is 91.7 cm³/mol. The minimum absolute atomic E-state index is 0.0454. The first kappa shape index (κ1) is 20.5. The molecule has 0 aromatic carbocycles. The highest BCUT2D eigenvalue weighted by atomic mass is 16.6. The Bertz CT molecular complexity index is 498. The summed E-state index contributed by atoms with van der Waals surface area (Å²) in [5, 5.41) is 9.75. The Morgan fingerprint density at radius 1 is 1.33 bits per heavy atom. The largest absolute Gasteiger partial charge is 0.467 e. The summed E-state index contributed by atoms with van der Waals surface area (Å²) in [4.78, 5) is 13.9. The lowest BCUT2D eigenvalue weighted by molar-refractivity contribution is -0.0406. The molecule has 0 saturated heterocycles. The Morgan fingerprint density at radius 3 is 2.42 bits per heavy atom. The van der Waals surface area contributed by atoms with E-state index in [0.29, 0.717) is 12.4 Å². The van der Waals surface area contributed by atoms with Crippen LogP contribution in [-0.2, 0) is 9.47 Å². The molecule has 1 N–H and O–H groups in total. The lowest BCUT2D eigenvalue weighted by atomic mass is 9.99. The van der Waals surface area contributed by atoms with Crippen LogP contribution in [0.4, 0.5) is 4.79 Å². The molecule has 0 spiro atoms. The molecular formula is C18H31NO5. The second-order valence-electron chi connectivity index (χ2n) is 7.86. The number of hydrogen-bond acceptors (Lipinski definition) is 5. The van der Waals surface area contributed by atoms with Crippen LogP contribution in [-0.4, -0.2) is 47.6 Å². The van der Waals surface area contributed by atoms with Gasteiger partial charge in [0, 0.05) is 13.0 Å². The Labute approximate surface area is 144 Å². The van der Waals surface area contributed by atoms with Crippen molar-refractivity contribution in [3.8, 4) is 0 Å². The van der Waals surface area contributed by atoms with Crippen LogP contribution in [0, 0.1) is 5.92 Å². The van der Waals surface area contributed by atoms with Gasteiger partial charge in [0.2, 0.25) is 0 Å². The molecule has 1 aromatic rings. The van der Waals surface area contributed by atoms with E-state index in [1.54, 1.807) is 33.2 Å². The third-order valence-electron chi connectivity index (χ3n) is 3.31. The predicted octanol–water partition coefficient (Wildman–Crippen LogP) is 3.61. The number of ether oxygens (including phenoxy) is 2. The van der Waals surface area contributed by atoms with Crippen LogP contribution in [0.15, 0.2) is 22.8 Å². The topological polar surface area (TPSA) is 72.1 Å². The van der Waals surface area contributed by atoms with E-state index in [2.05, 4.69) is 0 Å². The second-order valence-corrected chi connectivity index (χ2v) is 7.86. The van der Waals surface area contributed by atoms with Gasteiger partial charge in [-0.3, -0.25) is 0 Å². The van der Waals surface area contributed by atoms with E-state index in [4.69, 9.17) is 13.9 Å². The average molecular weight is 341 g/mol. The van der Waals surface area contributed by atoms with E-state index >= 15 is 0 Å². The molecule has 2 atom stereocenters. The van der Waals surface area contributed by atoms with Crippen molar-refractivity contribution in [2.24, 2.45) is 5.92 Å². The first-order valence-corrected chi connectivity index (χ1v) is 8.20. The van der Waals surface area contributed by atoms with Crippen LogP contribution < -0.4 is 0 Å². The third-order valence-corrected chi connectivity index (χ3v) is 3.31. The fraction of sp³-hybridized carbons (Fsp3) is 0.722. The van der Waals surface area contributed by atoms with E-state index in [1.807, 2.05) is 33.8 Å². The summed E-state index contributed by atoms with van der Waals surface area (Å²) in [6.45, 7) is 11.4. The summed E-state index contributed by atoms with van der Waals surface area (Å²) >= 11 is 0. The number of carbonyl (C=O) groups is 1. The number of nitrogens with zero attached hydrogens (tertiary/aromatic N) is 1. The van der Waals surface area contributed by atoms with Crippen molar-refractivity contribution < 1.29 is 23.8 Å². The zero-order chi connectivity index (χ0) is 18.5. The van der Waals surface area contributed by atoms with E-state index in [0.717, 1.165) is 0 Å². The van der Waals surface area contributed by atoms with Gasteiger partial charge in [-0.2, -0.15) is 0 Å². The molecule has 0 unspecified atom stereocenters. The van der Waals surface area contributed by atoms with Crippen molar-refractivity contribution in [1.29, 1.82) is 0 Å². The summed E-state index contributed by atoms with van der Waals surface area (Å²) in [5.41, 5.74) is -1.46. The van der Waals surface area contributed by atoms with Gasteiger partial charge in [-0.25, -0.2) is 4.79 Å². The van der Waals surface area contributed by atoms with Gasteiger partial charge in [0.25, 0.3) is 0 Å². The lowest BCUT2D eigenvalue weighted by Gasteiger charge is -2.33. The zero-order valence-electron chi connectivity index (χ0n) is 15.8. The van der Waals surface area contributed by atoms with Gasteiger partial charge in [-0.15, -0.1) is 0 Å². The molecule has 0 fully saturated rings. The van der Waals surface area contributed by atoms with Crippen LogP contribution in [0.1, 0.15) is 53.3 Å². The number of aliphatic hydroxyl groups is 1. The average Bonchev–Trinajstić information content (AvgIpc) is 2.89. The maximum Gasteiger partial charge on any atom is 0.410 e. The molecule has 1 heterocycles. The first-order valence-electron chi connectivity index (χ1n) is 8.20. The molecule has 1 amide bonds. The summed E-state index contributed by atoms with van der Waals surface area (Å²) in [6.07, 6.45) is 1.16. The van der Waals surface area contributed by atoms with Gasteiger partial charge in [-0.05, 0) is 46.8 Å². The SMILES string of the molecule is C[C@H](COCC(C)(C)O)[C@@H](c1ccco1)N(C)C(=O)OC(C)(C)C. The Balaban J connectivity index is 2.83. The molecular weight excluding hydrogens is 310 g/mol. The summed E-state index contributed by atoms with van der Waals surface area (Å²) in [5.74, 6) is 0.624. The van der Waals surface area contributed by atoms with Crippen LogP contribution in [0.3, 0.4) is 0 Å². The van der Waals surface area contributed by atoms with E-state index in [9.17, 15) is 9.90 Å². The molecule has 6 nitrogen and oxygen atoms in total. The Kier molecular flexibility index (Phi) is 6.86. The molecule has 0 aliphatic heterocycles. The Hall–Kier alpha value is -1.53. The van der Waals surface area contributed by atoms with Gasteiger partial charge in [0.15, 0.2) is 0 Å². The van der Waals surface area contributed by atoms with Crippen LogP contribution in [0.25, 0.3) is 0 Å². The summed E-state index contributed by atoms with van der Waals surface area (Å²) in [7, 11) is 1.69. The maximum atomic E-state index is 12.4. The highest BCUT2D eigenvalue weighted by Gasteiger charge is 2.32. The van der Waals surface area contributed by atoms with Crippen molar-refractivity contribution in [3.63, 3.8) is 0 Å². The molecule has 0 radical (unpaired) electrons. The Morgan fingerprint density at radius 2 is 1.96 bits per heavy atom. The van der Waals surface area contributed by atoms with Crippen molar-refractivity contribution >= 4 is 6.09 Å². The standard InChI is InChI=1S/C18H31NO5/c1-13(11-22-12-18(5,6)21)15(14-9-8-10-23-14)19(7)16(20)24-17(2,3)4/h8-10,13,15,21H,11-12H2,1-7H3/t13-,15+/m1/s1. The number of rotatable bonds is 7. The second kappa shape index (κ2) is 8.03. The van der Waals surface area contributed by atoms with Crippen LogP contribution in [0.5, 0.6) is 0 Å². The normalized spacial score (nSPS) is 15.0. The highest BCUT2D eigenvalue weighted by molar-refractivity contribution is 5.68. The summed E-state index contributed by atoms with van der Waals surface area (Å²) in [6, 6.07) is 3.30.